The van der Waals surface area contributed by atoms with E-state index in [9.17, 15) is 4.79 Å². The molecule has 0 saturated carbocycles. The number of rotatable bonds is 6. The van der Waals surface area contributed by atoms with Gasteiger partial charge in [-0.3, -0.25) is 9.78 Å². The van der Waals surface area contributed by atoms with E-state index in [2.05, 4.69) is 22.5 Å². The number of aromatic nitrogens is 1. The highest BCUT2D eigenvalue weighted by atomic mass is 35.5. The van der Waals surface area contributed by atoms with Crippen LogP contribution in [0.3, 0.4) is 0 Å². The first-order valence-electron chi connectivity index (χ1n) is 5.65. The van der Waals surface area contributed by atoms with Crippen molar-refractivity contribution in [2.45, 2.75) is 20.3 Å². The van der Waals surface area contributed by atoms with Gasteiger partial charge in [0.1, 0.15) is 0 Å². The lowest BCUT2D eigenvalue weighted by atomic mass is 10.1. The minimum Gasteiger partial charge on any atom is -0.351 e. The number of hydrogen-bond donors (Lipinski definition) is 2. The quantitative estimate of drug-likeness (QED) is 0.789. The van der Waals surface area contributed by atoms with Gasteiger partial charge >= 0.3 is 0 Å². The fraction of sp³-hybridized carbons (Fsp3) is 0.500. The van der Waals surface area contributed by atoms with E-state index >= 15 is 0 Å². The lowest BCUT2D eigenvalue weighted by Gasteiger charge is -2.07. The van der Waals surface area contributed by atoms with E-state index in [4.69, 9.17) is 0 Å². The third-order valence-electron chi connectivity index (χ3n) is 2.30. The molecule has 0 unspecified atom stereocenters. The Kier molecular flexibility index (Phi) is 12.2. The van der Waals surface area contributed by atoms with Crippen LogP contribution >= 0.6 is 24.8 Å². The minimum absolute atomic E-state index is 0. The molecule has 0 aliphatic rings. The number of nitrogens with one attached hydrogen (secondary N) is 2. The van der Waals surface area contributed by atoms with Gasteiger partial charge in [-0.15, -0.1) is 24.8 Å². The average molecular weight is 294 g/mol. The maximum absolute atomic E-state index is 11.7. The van der Waals surface area contributed by atoms with Gasteiger partial charge in [-0.25, -0.2) is 0 Å². The van der Waals surface area contributed by atoms with Crippen molar-refractivity contribution in [1.29, 1.82) is 0 Å². The van der Waals surface area contributed by atoms with E-state index in [0.717, 1.165) is 25.1 Å². The highest BCUT2D eigenvalue weighted by molar-refractivity contribution is 5.95. The van der Waals surface area contributed by atoms with Crippen LogP contribution in [0.4, 0.5) is 0 Å². The molecule has 1 amide bonds. The summed E-state index contributed by atoms with van der Waals surface area (Å²) in [5, 5.41) is 6.08. The first-order chi connectivity index (χ1) is 7.75. The lowest BCUT2D eigenvalue weighted by Crippen LogP contribution is -2.32. The van der Waals surface area contributed by atoms with Gasteiger partial charge in [0.2, 0.25) is 0 Å². The molecule has 6 heteroatoms. The number of pyridine rings is 1. The third kappa shape index (κ3) is 6.79. The number of amides is 1. The molecule has 0 saturated heterocycles. The Morgan fingerprint density at radius 2 is 2.00 bits per heavy atom. The molecule has 0 aliphatic carbocycles. The van der Waals surface area contributed by atoms with Crippen LogP contribution in [0, 0.1) is 6.92 Å². The summed E-state index contributed by atoms with van der Waals surface area (Å²) in [6.07, 6.45) is 4.40. The maximum Gasteiger partial charge on any atom is 0.253 e. The lowest BCUT2D eigenvalue weighted by molar-refractivity contribution is 0.0953. The summed E-state index contributed by atoms with van der Waals surface area (Å²) in [6.45, 7) is 6.46. The van der Waals surface area contributed by atoms with Crippen LogP contribution in [0.2, 0.25) is 0 Å². The van der Waals surface area contributed by atoms with Gasteiger partial charge in [0.05, 0.1) is 5.56 Å². The van der Waals surface area contributed by atoms with Crippen molar-refractivity contribution in [1.82, 2.24) is 15.6 Å². The summed E-state index contributed by atoms with van der Waals surface area (Å²) in [6, 6.07) is 1.84. The molecule has 18 heavy (non-hydrogen) atoms. The monoisotopic (exact) mass is 293 g/mol. The second-order valence-electron chi connectivity index (χ2n) is 3.70. The van der Waals surface area contributed by atoms with E-state index in [1.54, 1.807) is 12.4 Å². The molecule has 104 valence electrons. The smallest absolute Gasteiger partial charge is 0.253 e. The molecule has 0 aromatic carbocycles. The Balaban J connectivity index is 0. The largest absolute Gasteiger partial charge is 0.351 e. The minimum atomic E-state index is -0.0519. The van der Waals surface area contributed by atoms with Gasteiger partial charge in [0.15, 0.2) is 0 Å². The topological polar surface area (TPSA) is 54.0 Å². The molecule has 1 aromatic heterocycles. The van der Waals surface area contributed by atoms with Crippen LogP contribution in [0.25, 0.3) is 0 Å². The van der Waals surface area contributed by atoms with Crippen LogP contribution in [-0.2, 0) is 0 Å². The molecule has 0 fully saturated rings. The van der Waals surface area contributed by atoms with E-state index in [-0.39, 0.29) is 30.7 Å². The molecule has 0 atom stereocenters. The molecule has 0 radical (unpaired) electrons. The number of halogens is 2. The van der Waals surface area contributed by atoms with Crippen molar-refractivity contribution < 1.29 is 4.79 Å². The van der Waals surface area contributed by atoms with Gasteiger partial charge in [-0.05, 0) is 31.5 Å². The van der Waals surface area contributed by atoms with Crippen LogP contribution in [-0.4, -0.2) is 30.5 Å². The van der Waals surface area contributed by atoms with Crippen molar-refractivity contribution in [2.24, 2.45) is 0 Å². The SMILES string of the molecule is CCCNCCNC(=O)c1cnccc1C.Cl.Cl. The molecule has 0 bridgehead atoms. The predicted molar refractivity (Wildman–Crippen MR) is 79.0 cm³/mol. The van der Waals surface area contributed by atoms with Gasteiger partial charge in [-0.2, -0.15) is 0 Å². The van der Waals surface area contributed by atoms with Crippen molar-refractivity contribution in [3.63, 3.8) is 0 Å². The Hall–Kier alpha value is -0.840. The van der Waals surface area contributed by atoms with Gasteiger partial charge in [0, 0.05) is 25.5 Å². The summed E-state index contributed by atoms with van der Waals surface area (Å²) in [5.41, 5.74) is 1.60. The van der Waals surface area contributed by atoms with E-state index in [1.807, 2.05) is 13.0 Å². The fourth-order valence-corrected chi connectivity index (χ4v) is 1.36. The third-order valence-corrected chi connectivity index (χ3v) is 2.30. The average Bonchev–Trinajstić information content (AvgIpc) is 2.29. The first kappa shape index (κ1) is 19.5. The van der Waals surface area contributed by atoms with Crippen molar-refractivity contribution >= 4 is 30.7 Å². The molecule has 0 spiro atoms. The Bertz CT molecular complexity index is 348. The van der Waals surface area contributed by atoms with Gasteiger partial charge < -0.3 is 10.6 Å². The summed E-state index contributed by atoms with van der Waals surface area (Å²) < 4.78 is 0. The number of carbonyl (C=O) groups is 1. The number of hydrogen-bond acceptors (Lipinski definition) is 3. The second kappa shape index (κ2) is 11.3. The standard InChI is InChI=1S/C12H19N3O.2ClH/c1-3-5-13-7-8-15-12(16)11-9-14-6-4-10(11)2;;/h4,6,9,13H,3,5,7-8H2,1-2H3,(H,15,16);2*1H. The summed E-state index contributed by atoms with van der Waals surface area (Å²) in [5.74, 6) is -0.0519. The molecule has 2 N–H and O–H groups in total. The van der Waals surface area contributed by atoms with Crippen LogP contribution < -0.4 is 10.6 Å². The molecule has 4 nitrogen and oxygen atoms in total. The van der Waals surface area contributed by atoms with E-state index < -0.39 is 0 Å². The van der Waals surface area contributed by atoms with Crippen LogP contribution in [0.5, 0.6) is 0 Å². The van der Waals surface area contributed by atoms with Crippen molar-refractivity contribution in [3.8, 4) is 0 Å². The molecule has 0 aliphatic heterocycles. The van der Waals surface area contributed by atoms with Gasteiger partial charge in [0.25, 0.3) is 5.91 Å². The van der Waals surface area contributed by atoms with Gasteiger partial charge in [-0.1, -0.05) is 6.92 Å². The van der Waals surface area contributed by atoms with Crippen LogP contribution in [0.1, 0.15) is 29.3 Å². The van der Waals surface area contributed by atoms with Crippen molar-refractivity contribution in [3.05, 3.63) is 29.6 Å². The Morgan fingerprint density at radius 3 is 2.61 bits per heavy atom. The number of carbonyl (C=O) groups excluding carboxylic acids is 1. The zero-order valence-corrected chi connectivity index (χ0v) is 12.4. The highest BCUT2D eigenvalue weighted by Crippen LogP contribution is 2.03. The maximum atomic E-state index is 11.7. The molecule has 1 rings (SSSR count). The van der Waals surface area contributed by atoms with Crippen LogP contribution in [0.15, 0.2) is 18.5 Å². The second-order valence-corrected chi connectivity index (χ2v) is 3.70. The normalized spacial score (nSPS) is 9.00. The Labute approximate surface area is 121 Å². The van der Waals surface area contributed by atoms with Crippen molar-refractivity contribution in [2.75, 3.05) is 19.6 Å². The highest BCUT2D eigenvalue weighted by Gasteiger charge is 2.07. The molecular weight excluding hydrogens is 273 g/mol. The number of aryl methyl sites for hydroxylation is 1. The zero-order chi connectivity index (χ0) is 11.8. The predicted octanol–water partition coefficient (Wildman–Crippen LogP) is 1.96. The zero-order valence-electron chi connectivity index (χ0n) is 10.7. The molecule has 1 heterocycles. The Morgan fingerprint density at radius 1 is 1.28 bits per heavy atom. The summed E-state index contributed by atoms with van der Waals surface area (Å²) in [7, 11) is 0. The number of nitrogens with zero attached hydrogens (tertiary/aromatic N) is 1. The fourth-order valence-electron chi connectivity index (χ4n) is 1.36. The summed E-state index contributed by atoms with van der Waals surface area (Å²) >= 11 is 0. The van der Waals surface area contributed by atoms with E-state index in [1.165, 1.54) is 0 Å². The van der Waals surface area contributed by atoms with E-state index in [0.29, 0.717) is 12.1 Å². The first-order valence-corrected chi connectivity index (χ1v) is 5.65. The molecular formula is C12H21Cl2N3O. The molecule has 1 aromatic rings. The summed E-state index contributed by atoms with van der Waals surface area (Å²) in [4.78, 5) is 15.7.